The van der Waals surface area contributed by atoms with Crippen LogP contribution in [0.25, 0.3) is 0 Å². The minimum atomic E-state index is -0.973. The first kappa shape index (κ1) is 23.8. The summed E-state index contributed by atoms with van der Waals surface area (Å²) in [5, 5.41) is 16.9. The minimum Gasteiger partial charge on any atom is -0.481 e. The van der Waals surface area contributed by atoms with E-state index in [1.54, 1.807) is 0 Å². The molecule has 7 heteroatoms. The zero-order valence-electron chi connectivity index (χ0n) is 15.2. The maximum Gasteiger partial charge on any atom is 0.329 e. The van der Waals surface area contributed by atoms with Crippen molar-refractivity contribution in [3.63, 3.8) is 0 Å². The summed E-state index contributed by atoms with van der Waals surface area (Å²) in [4.78, 5) is 20.5. The fourth-order valence-corrected chi connectivity index (χ4v) is 2.32. The van der Waals surface area contributed by atoms with Gasteiger partial charge in [0.1, 0.15) is 6.61 Å². The zero-order valence-corrected chi connectivity index (χ0v) is 15.2. The van der Waals surface area contributed by atoms with Gasteiger partial charge < -0.3 is 24.4 Å². The first-order valence-corrected chi connectivity index (χ1v) is 9.29. The number of carboxylic acid groups (broad SMARTS) is 2. The molecule has 0 heterocycles. The van der Waals surface area contributed by atoms with Gasteiger partial charge in [-0.2, -0.15) is 0 Å². The Kier molecular flexibility index (Phi) is 18.2. The summed E-state index contributed by atoms with van der Waals surface area (Å²) in [5.74, 6) is -1.67. The van der Waals surface area contributed by atoms with Gasteiger partial charge in [0.15, 0.2) is 0 Å². The highest BCUT2D eigenvalue weighted by atomic mass is 16.5. The van der Waals surface area contributed by atoms with Crippen molar-refractivity contribution >= 4 is 11.9 Å². The molecule has 0 unspecified atom stereocenters. The lowest BCUT2D eigenvalue weighted by atomic mass is 10.1. The van der Waals surface area contributed by atoms with Crippen LogP contribution in [0, 0.1) is 0 Å². The Morgan fingerprint density at radius 3 is 1.48 bits per heavy atom. The summed E-state index contributed by atoms with van der Waals surface area (Å²) >= 11 is 0. The third-order valence-corrected chi connectivity index (χ3v) is 3.65. The maximum atomic E-state index is 10.4. The number of hydrogen-bond acceptors (Lipinski definition) is 5. The first-order chi connectivity index (χ1) is 12.1. The first-order valence-electron chi connectivity index (χ1n) is 9.29. The van der Waals surface area contributed by atoms with E-state index < -0.39 is 11.9 Å². The van der Waals surface area contributed by atoms with Crippen LogP contribution in [0.3, 0.4) is 0 Å². The van der Waals surface area contributed by atoms with E-state index >= 15 is 0 Å². The Morgan fingerprint density at radius 1 is 0.520 bits per heavy atom. The van der Waals surface area contributed by atoms with Crippen molar-refractivity contribution in [3.05, 3.63) is 0 Å². The molecule has 0 bridgehead atoms. The summed E-state index contributed by atoms with van der Waals surface area (Å²) in [5.41, 5.74) is 0. The van der Waals surface area contributed by atoms with E-state index in [4.69, 9.17) is 24.4 Å². The molecule has 0 aromatic heterocycles. The summed E-state index contributed by atoms with van der Waals surface area (Å²) in [7, 11) is 0. The number of carbonyl (C=O) groups is 2. The molecule has 7 nitrogen and oxygen atoms in total. The molecule has 0 aliphatic rings. The van der Waals surface area contributed by atoms with Crippen LogP contribution in [-0.4, -0.2) is 61.8 Å². The summed E-state index contributed by atoms with van der Waals surface area (Å²) in [6, 6.07) is 0. The molecular formula is C18H34O7. The predicted octanol–water partition coefficient (Wildman–Crippen LogP) is 3.11. The van der Waals surface area contributed by atoms with Crippen LogP contribution >= 0.6 is 0 Å². The van der Waals surface area contributed by atoms with Gasteiger partial charge >= 0.3 is 11.9 Å². The zero-order chi connectivity index (χ0) is 18.6. The van der Waals surface area contributed by atoms with Crippen LogP contribution in [0.1, 0.15) is 64.2 Å². The average Bonchev–Trinajstić information content (AvgIpc) is 2.56. The van der Waals surface area contributed by atoms with Crippen LogP contribution in [0.4, 0.5) is 0 Å². The third kappa shape index (κ3) is 22.8. The molecule has 0 spiro atoms. The maximum absolute atomic E-state index is 10.4. The molecule has 0 aromatic rings. The van der Waals surface area contributed by atoms with Gasteiger partial charge in [0.25, 0.3) is 0 Å². The molecule has 0 aliphatic carbocycles. The second kappa shape index (κ2) is 19.1. The molecule has 0 saturated heterocycles. The van der Waals surface area contributed by atoms with E-state index in [-0.39, 0.29) is 13.2 Å². The molecule has 0 aliphatic heterocycles. The SMILES string of the molecule is O=C(O)CCCCCCCCCCCOCCOCCOCC(=O)O. The molecule has 0 rings (SSSR count). The number of carboxylic acids is 2. The van der Waals surface area contributed by atoms with Gasteiger partial charge in [0, 0.05) is 13.0 Å². The standard InChI is InChI=1S/C18H34O7/c19-17(20)10-8-6-4-2-1-3-5-7-9-11-23-12-13-24-14-15-25-16-18(21)22/h1-16H2,(H,19,20)(H,21,22). The third-order valence-electron chi connectivity index (χ3n) is 3.65. The monoisotopic (exact) mass is 362 g/mol. The van der Waals surface area contributed by atoms with Crippen molar-refractivity contribution in [3.8, 4) is 0 Å². The molecule has 2 N–H and O–H groups in total. The lowest BCUT2D eigenvalue weighted by Crippen LogP contribution is -2.13. The Hall–Kier alpha value is -1.18. The highest BCUT2D eigenvalue weighted by molar-refractivity contribution is 5.68. The summed E-state index contributed by atoms with van der Waals surface area (Å²) in [6.45, 7) is 2.17. The Bertz CT molecular complexity index is 291. The molecule has 0 fully saturated rings. The van der Waals surface area contributed by atoms with Gasteiger partial charge in [0.2, 0.25) is 0 Å². The minimum absolute atomic E-state index is 0.284. The second-order valence-corrected chi connectivity index (χ2v) is 6.00. The Balaban J connectivity index is 3.00. The van der Waals surface area contributed by atoms with E-state index in [2.05, 4.69) is 0 Å². The van der Waals surface area contributed by atoms with Gasteiger partial charge in [-0.15, -0.1) is 0 Å². The van der Waals surface area contributed by atoms with E-state index in [9.17, 15) is 9.59 Å². The number of ether oxygens (including phenoxy) is 3. The van der Waals surface area contributed by atoms with E-state index in [0.29, 0.717) is 26.2 Å². The molecule has 148 valence electrons. The van der Waals surface area contributed by atoms with Crippen molar-refractivity contribution in [2.24, 2.45) is 0 Å². The van der Waals surface area contributed by atoms with E-state index in [1.165, 1.54) is 32.1 Å². The average molecular weight is 362 g/mol. The lowest BCUT2D eigenvalue weighted by molar-refractivity contribution is -0.142. The topological polar surface area (TPSA) is 102 Å². The smallest absolute Gasteiger partial charge is 0.329 e. The van der Waals surface area contributed by atoms with Gasteiger partial charge in [-0.25, -0.2) is 4.79 Å². The van der Waals surface area contributed by atoms with Crippen molar-refractivity contribution in [2.45, 2.75) is 64.2 Å². The van der Waals surface area contributed by atoms with Crippen LogP contribution < -0.4 is 0 Å². The lowest BCUT2D eigenvalue weighted by Gasteiger charge is -2.06. The van der Waals surface area contributed by atoms with Gasteiger partial charge in [0.05, 0.1) is 26.4 Å². The normalized spacial score (nSPS) is 10.9. The fourth-order valence-electron chi connectivity index (χ4n) is 2.32. The van der Waals surface area contributed by atoms with Crippen LogP contribution in [-0.2, 0) is 23.8 Å². The fraction of sp³-hybridized carbons (Fsp3) is 0.889. The molecule has 0 radical (unpaired) electrons. The number of unbranched alkanes of at least 4 members (excludes halogenated alkanes) is 8. The molecule has 25 heavy (non-hydrogen) atoms. The predicted molar refractivity (Wildman–Crippen MR) is 93.9 cm³/mol. The van der Waals surface area contributed by atoms with Gasteiger partial charge in [-0.1, -0.05) is 44.9 Å². The molecule has 0 atom stereocenters. The largest absolute Gasteiger partial charge is 0.481 e. The van der Waals surface area contributed by atoms with Crippen LogP contribution in [0.15, 0.2) is 0 Å². The summed E-state index contributed by atoms with van der Waals surface area (Å²) < 4.78 is 15.5. The van der Waals surface area contributed by atoms with Crippen molar-refractivity contribution in [2.75, 3.05) is 39.6 Å². The highest BCUT2D eigenvalue weighted by Gasteiger charge is 1.98. The molecular weight excluding hydrogens is 328 g/mol. The van der Waals surface area contributed by atoms with Gasteiger partial charge in [-0.05, 0) is 12.8 Å². The van der Waals surface area contributed by atoms with Crippen molar-refractivity contribution < 1.29 is 34.0 Å². The molecule has 0 amide bonds. The second-order valence-electron chi connectivity index (χ2n) is 6.00. The van der Waals surface area contributed by atoms with E-state index in [1.807, 2.05) is 0 Å². The van der Waals surface area contributed by atoms with Crippen LogP contribution in [0.5, 0.6) is 0 Å². The molecule has 0 saturated carbocycles. The highest BCUT2D eigenvalue weighted by Crippen LogP contribution is 2.10. The number of hydrogen-bond donors (Lipinski definition) is 2. The van der Waals surface area contributed by atoms with E-state index in [0.717, 1.165) is 32.3 Å². The Labute approximate surface area is 150 Å². The number of rotatable bonds is 20. The Morgan fingerprint density at radius 2 is 0.960 bits per heavy atom. The van der Waals surface area contributed by atoms with Crippen molar-refractivity contribution in [1.29, 1.82) is 0 Å². The number of aliphatic carboxylic acids is 2. The van der Waals surface area contributed by atoms with Crippen LogP contribution in [0.2, 0.25) is 0 Å². The quantitative estimate of drug-likeness (QED) is 0.321. The van der Waals surface area contributed by atoms with Crippen molar-refractivity contribution in [1.82, 2.24) is 0 Å². The molecule has 0 aromatic carbocycles. The summed E-state index contributed by atoms with van der Waals surface area (Å²) in [6.07, 6.45) is 10.4. The van der Waals surface area contributed by atoms with Gasteiger partial charge in [-0.3, -0.25) is 4.79 Å².